The third-order valence-corrected chi connectivity index (χ3v) is 5.98. The number of hydrogen-bond acceptors (Lipinski definition) is 5. The third-order valence-electron chi connectivity index (χ3n) is 3.93. The quantitative estimate of drug-likeness (QED) is 0.830. The fraction of sp³-hybridized carbons (Fsp3) is 0.375. The van der Waals surface area contributed by atoms with Crippen LogP contribution in [-0.2, 0) is 14.6 Å². The van der Waals surface area contributed by atoms with Gasteiger partial charge in [-0.15, -0.1) is 0 Å². The van der Waals surface area contributed by atoms with E-state index in [9.17, 15) is 17.6 Å². The molecule has 7 nitrogen and oxygen atoms in total. The highest BCUT2D eigenvalue weighted by atomic mass is 35.5. The summed E-state index contributed by atoms with van der Waals surface area (Å²) < 4.78 is 43.2. The molecule has 1 amide bonds. The normalized spacial score (nSPS) is 18.7. The average molecular weight is 402 g/mol. The van der Waals surface area contributed by atoms with E-state index >= 15 is 0 Å². The Bertz CT molecular complexity index is 945. The first-order chi connectivity index (χ1) is 12.2. The van der Waals surface area contributed by atoms with Gasteiger partial charge in [-0.1, -0.05) is 11.6 Å². The van der Waals surface area contributed by atoms with Crippen LogP contribution in [0.4, 0.5) is 10.2 Å². The van der Waals surface area contributed by atoms with Crippen LogP contribution in [0, 0.1) is 12.7 Å². The van der Waals surface area contributed by atoms with Gasteiger partial charge in [-0.2, -0.15) is 5.10 Å². The van der Waals surface area contributed by atoms with Crippen molar-refractivity contribution in [2.75, 3.05) is 23.4 Å². The standard InChI is InChI=1S/C16H17ClFN3O4S/c1-10-6-15(21(20-10)12-4-5-26(23,24)9-12)19-16(22)8-25-14-3-2-11(18)7-13(14)17/h2-3,6-7,12H,4-5,8-9H2,1H3,(H,19,22)/t12-/m1/s1. The van der Waals surface area contributed by atoms with Crippen molar-refractivity contribution in [3.8, 4) is 5.75 Å². The minimum atomic E-state index is -3.08. The van der Waals surface area contributed by atoms with Gasteiger partial charge in [0.2, 0.25) is 0 Å². The SMILES string of the molecule is Cc1cc(NC(=O)COc2ccc(F)cc2Cl)n([C@@H]2CCS(=O)(=O)C2)n1. The van der Waals surface area contributed by atoms with Gasteiger partial charge in [0.1, 0.15) is 17.4 Å². The Hall–Kier alpha value is -2.13. The minimum Gasteiger partial charge on any atom is -0.482 e. The van der Waals surface area contributed by atoms with Crippen LogP contribution in [0.25, 0.3) is 0 Å². The Labute approximate surface area is 155 Å². The summed E-state index contributed by atoms with van der Waals surface area (Å²) in [7, 11) is -3.08. The molecule has 0 aliphatic carbocycles. The minimum absolute atomic E-state index is 0.00131. The molecular weight excluding hydrogens is 385 g/mol. The lowest BCUT2D eigenvalue weighted by atomic mass is 10.3. The Balaban J connectivity index is 1.66. The number of sulfone groups is 1. The molecule has 140 valence electrons. The highest BCUT2D eigenvalue weighted by molar-refractivity contribution is 7.91. The van der Waals surface area contributed by atoms with Crippen LogP contribution >= 0.6 is 11.6 Å². The van der Waals surface area contributed by atoms with Crippen molar-refractivity contribution in [2.45, 2.75) is 19.4 Å². The number of carbonyl (C=O) groups excluding carboxylic acids is 1. The van der Waals surface area contributed by atoms with Crippen molar-refractivity contribution in [1.82, 2.24) is 9.78 Å². The molecule has 3 rings (SSSR count). The number of rotatable bonds is 5. The van der Waals surface area contributed by atoms with Gasteiger partial charge in [-0.05, 0) is 31.5 Å². The van der Waals surface area contributed by atoms with E-state index in [2.05, 4.69) is 10.4 Å². The number of amides is 1. The summed E-state index contributed by atoms with van der Waals surface area (Å²) in [5, 5.41) is 7.01. The number of nitrogens with one attached hydrogen (secondary N) is 1. The van der Waals surface area contributed by atoms with Crippen LogP contribution in [0.2, 0.25) is 5.02 Å². The molecule has 1 atom stereocenters. The maximum absolute atomic E-state index is 13.0. The van der Waals surface area contributed by atoms with E-state index in [-0.39, 0.29) is 34.9 Å². The molecule has 1 fully saturated rings. The molecule has 1 N–H and O–H groups in total. The van der Waals surface area contributed by atoms with Gasteiger partial charge in [-0.25, -0.2) is 17.5 Å². The second kappa shape index (κ2) is 7.24. The summed E-state index contributed by atoms with van der Waals surface area (Å²) >= 11 is 5.85. The average Bonchev–Trinajstić information content (AvgIpc) is 3.08. The van der Waals surface area contributed by atoms with E-state index in [4.69, 9.17) is 16.3 Å². The van der Waals surface area contributed by atoms with Crippen LogP contribution in [-0.4, -0.2) is 42.2 Å². The van der Waals surface area contributed by atoms with Gasteiger partial charge in [0.05, 0.1) is 28.3 Å². The summed E-state index contributed by atoms with van der Waals surface area (Å²) in [5.74, 6) is -0.266. The van der Waals surface area contributed by atoms with Crippen LogP contribution in [0.3, 0.4) is 0 Å². The number of ether oxygens (including phenoxy) is 1. The van der Waals surface area contributed by atoms with E-state index < -0.39 is 21.6 Å². The first kappa shape index (κ1) is 18.7. The van der Waals surface area contributed by atoms with E-state index in [1.807, 2.05) is 0 Å². The monoisotopic (exact) mass is 401 g/mol. The van der Waals surface area contributed by atoms with Gasteiger partial charge in [0.15, 0.2) is 16.4 Å². The Morgan fingerprint density at radius 1 is 1.46 bits per heavy atom. The Morgan fingerprint density at radius 3 is 2.88 bits per heavy atom. The number of carbonyl (C=O) groups is 1. The van der Waals surface area contributed by atoms with Crippen molar-refractivity contribution >= 4 is 33.2 Å². The lowest BCUT2D eigenvalue weighted by Crippen LogP contribution is -2.24. The fourth-order valence-electron chi connectivity index (χ4n) is 2.77. The molecular formula is C16H17ClFN3O4S. The molecule has 26 heavy (non-hydrogen) atoms. The molecule has 0 saturated carbocycles. The van der Waals surface area contributed by atoms with E-state index in [0.29, 0.717) is 17.9 Å². The summed E-state index contributed by atoms with van der Waals surface area (Å²) in [5.41, 5.74) is 0.659. The van der Waals surface area contributed by atoms with Gasteiger partial charge in [0, 0.05) is 6.07 Å². The second-order valence-corrected chi connectivity index (χ2v) is 8.72. The molecule has 1 aliphatic heterocycles. The molecule has 2 heterocycles. The number of anilines is 1. The molecule has 0 radical (unpaired) electrons. The lowest BCUT2D eigenvalue weighted by molar-refractivity contribution is -0.118. The van der Waals surface area contributed by atoms with Gasteiger partial charge in [-0.3, -0.25) is 4.79 Å². The first-order valence-corrected chi connectivity index (χ1v) is 10.1. The Morgan fingerprint density at radius 2 is 2.23 bits per heavy atom. The highest BCUT2D eigenvalue weighted by Crippen LogP contribution is 2.27. The highest BCUT2D eigenvalue weighted by Gasteiger charge is 2.31. The molecule has 2 aromatic rings. The Kier molecular flexibility index (Phi) is 5.19. The zero-order valence-electron chi connectivity index (χ0n) is 13.9. The number of halogens is 2. The topological polar surface area (TPSA) is 90.3 Å². The lowest BCUT2D eigenvalue weighted by Gasteiger charge is -2.14. The van der Waals surface area contributed by atoms with Crippen molar-refractivity contribution in [3.05, 3.63) is 40.8 Å². The van der Waals surface area contributed by atoms with Crippen LogP contribution in [0.1, 0.15) is 18.2 Å². The molecule has 1 aromatic heterocycles. The number of aryl methyl sites for hydroxylation is 1. The maximum Gasteiger partial charge on any atom is 0.263 e. The maximum atomic E-state index is 13.0. The van der Waals surface area contributed by atoms with Crippen molar-refractivity contribution in [3.63, 3.8) is 0 Å². The predicted molar refractivity (Wildman–Crippen MR) is 94.8 cm³/mol. The smallest absolute Gasteiger partial charge is 0.263 e. The largest absolute Gasteiger partial charge is 0.482 e. The molecule has 1 aromatic carbocycles. The number of benzene rings is 1. The van der Waals surface area contributed by atoms with Crippen LogP contribution in [0.15, 0.2) is 24.3 Å². The summed E-state index contributed by atoms with van der Waals surface area (Å²) in [6.45, 7) is 1.42. The number of aromatic nitrogens is 2. The number of hydrogen-bond donors (Lipinski definition) is 1. The van der Waals surface area contributed by atoms with Crippen molar-refractivity contribution < 1.29 is 22.3 Å². The second-order valence-electron chi connectivity index (χ2n) is 6.08. The van der Waals surface area contributed by atoms with E-state index in [1.165, 1.54) is 16.8 Å². The first-order valence-electron chi connectivity index (χ1n) is 7.88. The molecule has 1 aliphatic rings. The van der Waals surface area contributed by atoms with Crippen LogP contribution in [0.5, 0.6) is 5.75 Å². The van der Waals surface area contributed by atoms with Gasteiger partial charge in [0.25, 0.3) is 5.91 Å². The molecule has 1 saturated heterocycles. The predicted octanol–water partition coefficient (Wildman–Crippen LogP) is 2.36. The van der Waals surface area contributed by atoms with Crippen molar-refractivity contribution in [1.29, 1.82) is 0 Å². The summed E-state index contributed by atoms with van der Waals surface area (Å²) in [6.07, 6.45) is 0.452. The molecule has 0 spiro atoms. The van der Waals surface area contributed by atoms with Gasteiger partial charge < -0.3 is 10.1 Å². The van der Waals surface area contributed by atoms with E-state index in [1.54, 1.807) is 13.0 Å². The van der Waals surface area contributed by atoms with Gasteiger partial charge >= 0.3 is 0 Å². The van der Waals surface area contributed by atoms with Crippen molar-refractivity contribution in [2.24, 2.45) is 0 Å². The molecule has 10 heteroatoms. The molecule has 0 unspecified atom stereocenters. The zero-order chi connectivity index (χ0) is 18.9. The third kappa shape index (κ3) is 4.34. The molecule has 0 bridgehead atoms. The summed E-state index contributed by atoms with van der Waals surface area (Å²) in [6, 6.07) is 4.96. The van der Waals surface area contributed by atoms with E-state index in [0.717, 1.165) is 6.07 Å². The summed E-state index contributed by atoms with van der Waals surface area (Å²) in [4.78, 5) is 12.2. The number of nitrogens with zero attached hydrogens (tertiary/aromatic N) is 2. The fourth-order valence-corrected chi connectivity index (χ4v) is 4.68. The zero-order valence-corrected chi connectivity index (χ0v) is 15.5. The van der Waals surface area contributed by atoms with Crippen LogP contribution < -0.4 is 10.1 Å².